The smallest absolute Gasteiger partial charge is 0.255 e. The van der Waals surface area contributed by atoms with Gasteiger partial charge >= 0.3 is 0 Å². The second-order valence-corrected chi connectivity index (χ2v) is 3.68. The number of amides is 1. The van der Waals surface area contributed by atoms with E-state index in [0.29, 0.717) is 31.1 Å². The summed E-state index contributed by atoms with van der Waals surface area (Å²) in [6.07, 6.45) is 0. The van der Waals surface area contributed by atoms with Gasteiger partial charge in [0.05, 0.1) is 18.8 Å². The molecule has 0 radical (unpaired) electrons. The molecule has 0 saturated carbocycles. The number of benzene rings is 1. The summed E-state index contributed by atoms with van der Waals surface area (Å²) >= 11 is 0. The van der Waals surface area contributed by atoms with Crippen LogP contribution >= 0.6 is 0 Å². The number of ether oxygens (including phenoxy) is 2. The van der Waals surface area contributed by atoms with Crippen molar-refractivity contribution in [3.63, 3.8) is 0 Å². The number of carbonyl (C=O) groups is 1. The van der Waals surface area contributed by atoms with Gasteiger partial charge in [0, 0.05) is 13.7 Å². The van der Waals surface area contributed by atoms with Gasteiger partial charge < -0.3 is 14.8 Å². The lowest BCUT2D eigenvalue weighted by atomic mass is 10.1. The van der Waals surface area contributed by atoms with Crippen LogP contribution < -0.4 is 10.1 Å². The Balaban J connectivity index is 2.77. The van der Waals surface area contributed by atoms with E-state index in [2.05, 4.69) is 5.32 Å². The van der Waals surface area contributed by atoms with Crippen molar-refractivity contribution < 1.29 is 14.3 Å². The molecule has 0 saturated heterocycles. The molecule has 0 spiro atoms. The molecule has 4 heteroatoms. The maximum absolute atomic E-state index is 11.9. The van der Waals surface area contributed by atoms with E-state index in [1.165, 1.54) is 0 Å². The van der Waals surface area contributed by atoms with Crippen LogP contribution in [-0.4, -0.2) is 32.8 Å². The monoisotopic (exact) mass is 237 g/mol. The number of nitrogens with one attached hydrogen (secondary N) is 1. The molecule has 0 atom stereocenters. The molecule has 0 unspecified atom stereocenters. The summed E-state index contributed by atoms with van der Waals surface area (Å²) in [4.78, 5) is 11.9. The molecule has 0 fully saturated rings. The zero-order valence-electron chi connectivity index (χ0n) is 10.6. The predicted octanol–water partition coefficient (Wildman–Crippen LogP) is 1.77. The first kappa shape index (κ1) is 13.5. The maximum Gasteiger partial charge on any atom is 0.255 e. The van der Waals surface area contributed by atoms with E-state index >= 15 is 0 Å². The summed E-state index contributed by atoms with van der Waals surface area (Å²) in [5, 5.41) is 2.77. The number of carbonyl (C=O) groups excluding carboxylic acids is 1. The number of aryl methyl sites for hydroxylation is 1. The van der Waals surface area contributed by atoms with Crippen molar-refractivity contribution in [3.8, 4) is 5.75 Å². The number of hydrogen-bond donors (Lipinski definition) is 1. The first-order valence-electron chi connectivity index (χ1n) is 5.69. The van der Waals surface area contributed by atoms with Crippen molar-refractivity contribution in [1.82, 2.24) is 5.32 Å². The van der Waals surface area contributed by atoms with Gasteiger partial charge in [-0.25, -0.2) is 0 Å². The molecule has 1 amide bonds. The van der Waals surface area contributed by atoms with Gasteiger partial charge in [-0.3, -0.25) is 4.79 Å². The second kappa shape index (κ2) is 6.91. The van der Waals surface area contributed by atoms with Crippen molar-refractivity contribution in [2.45, 2.75) is 13.8 Å². The fourth-order valence-electron chi connectivity index (χ4n) is 1.45. The third-order valence-corrected chi connectivity index (χ3v) is 2.27. The van der Waals surface area contributed by atoms with E-state index in [0.717, 1.165) is 5.56 Å². The largest absolute Gasteiger partial charge is 0.493 e. The van der Waals surface area contributed by atoms with Crippen LogP contribution in [0.25, 0.3) is 0 Å². The highest BCUT2D eigenvalue weighted by molar-refractivity contribution is 5.97. The molecule has 0 aliphatic heterocycles. The quantitative estimate of drug-likeness (QED) is 0.767. The van der Waals surface area contributed by atoms with Crippen LogP contribution in [0.15, 0.2) is 18.2 Å². The van der Waals surface area contributed by atoms with Crippen molar-refractivity contribution in [1.29, 1.82) is 0 Å². The van der Waals surface area contributed by atoms with E-state index in [9.17, 15) is 4.79 Å². The summed E-state index contributed by atoms with van der Waals surface area (Å²) in [6.45, 7) is 5.40. The van der Waals surface area contributed by atoms with Gasteiger partial charge in [0.2, 0.25) is 0 Å². The van der Waals surface area contributed by atoms with Crippen molar-refractivity contribution in [2.24, 2.45) is 0 Å². The molecule has 1 aromatic rings. The first-order valence-corrected chi connectivity index (χ1v) is 5.69. The standard InChI is InChI=1S/C13H19NO3/c1-4-17-12-9-10(2)5-6-11(12)13(15)14-7-8-16-3/h5-6,9H,4,7-8H2,1-3H3,(H,14,15). The highest BCUT2D eigenvalue weighted by Crippen LogP contribution is 2.20. The average molecular weight is 237 g/mol. The third-order valence-electron chi connectivity index (χ3n) is 2.27. The number of rotatable bonds is 6. The van der Waals surface area contributed by atoms with Crippen LogP contribution in [0.3, 0.4) is 0 Å². The van der Waals surface area contributed by atoms with Gasteiger partial charge in [-0.1, -0.05) is 6.07 Å². The lowest BCUT2D eigenvalue weighted by Gasteiger charge is -2.11. The van der Waals surface area contributed by atoms with E-state index < -0.39 is 0 Å². The van der Waals surface area contributed by atoms with Crippen molar-refractivity contribution in [3.05, 3.63) is 29.3 Å². The predicted molar refractivity (Wildman–Crippen MR) is 66.6 cm³/mol. The Kier molecular flexibility index (Phi) is 5.49. The summed E-state index contributed by atoms with van der Waals surface area (Å²) in [5.41, 5.74) is 1.63. The minimum absolute atomic E-state index is 0.134. The number of hydrogen-bond acceptors (Lipinski definition) is 3. The Morgan fingerprint density at radius 1 is 1.41 bits per heavy atom. The Bertz CT molecular complexity index is 377. The molecule has 1 aromatic carbocycles. The SMILES string of the molecule is CCOc1cc(C)ccc1C(=O)NCCOC. The van der Waals surface area contributed by atoms with Gasteiger partial charge in [0.15, 0.2) is 0 Å². The van der Waals surface area contributed by atoms with Crippen LogP contribution in [0.1, 0.15) is 22.8 Å². The summed E-state index contributed by atoms with van der Waals surface area (Å²) < 4.78 is 10.3. The molecule has 1 N–H and O–H groups in total. The average Bonchev–Trinajstić information content (AvgIpc) is 2.30. The Morgan fingerprint density at radius 2 is 2.18 bits per heavy atom. The highest BCUT2D eigenvalue weighted by Gasteiger charge is 2.11. The Hall–Kier alpha value is -1.55. The molecule has 94 valence electrons. The van der Waals surface area contributed by atoms with E-state index in [1.54, 1.807) is 13.2 Å². The number of methoxy groups -OCH3 is 1. The summed E-state index contributed by atoms with van der Waals surface area (Å²) in [6, 6.07) is 5.55. The zero-order chi connectivity index (χ0) is 12.7. The van der Waals surface area contributed by atoms with Crippen LogP contribution in [0.5, 0.6) is 5.75 Å². The van der Waals surface area contributed by atoms with E-state index in [4.69, 9.17) is 9.47 Å². The molecule has 0 aromatic heterocycles. The Morgan fingerprint density at radius 3 is 2.82 bits per heavy atom. The third kappa shape index (κ3) is 4.07. The molecular weight excluding hydrogens is 218 g/mol. The Labute approximate surface area is 102 Å². The molecule has 17 heavy (non-hydrogen) atoms. The lowest BCUT2D eigenvalue weighted by Crippen LogP contribution is -2.27. The van der Waals surface area contributed by atoms with E-state index in [-0.39, 0.29) is 5.91 Å². The van der Waals surface area contributed by atoms with E-state index in [1.807, 2.05) is 26.0 Å². The van der Waals surface area contributed by atoms with Crippen LogP contribution in [-0.2, 0) is 4.74 Å². The van der Waals surface area contributed by atoms with Crippen molar-refractivity contribution in [2.75, 3.05) is 26.9 Å². The molecule has 0 aliphatic rings. The van der Waals surface area contributed by atoms with Gasteiger partial charge in [-0.05, 0) is 31.5 Å². The fourth-order valence-corrected chi connectivity index (χ4v) is 1.45. The molecule has 0 heterocycles. The first-order chi connectivity index (χ1) is 8.19. The molecular formula is C13H19NO3. The molecule has 1 rings (SSSR count). The zero-order valence-corrected chi connectivity index (χ0v) is 10.6. The minimum atomic E-state index is -0.134. The fraction of sp³-hybridized carbons (Fsp3) is 0.462. The van der Waals surface area contributed by atoms with Gasteiger partial charge in [-0.2, -0.15) is 0 Å². The molecule has 4 nitrogen and oxygen atoms in total. The lowest BCUT2D eigenvalue weighted by molar-refractivity contribution is 0.0933. The topological polar surface area (TPSA) is 47.6 Å². The van der Waals surface area contributed by atoms with Gasteiger partial charge in [-0.15, -0.1) is 0 Å². The summed E-state index contributed by atoms with van der Waals surface area (Å²) in [7, 11) is 1.60. The van der Waals surface area contributed by atoms with Crippen LogP contribution in [0, 0.1) is 6.92 Å². The van der Waals surface area contributed by atoms with Gasteiger partial charge in [0.1, 0.15) is 5.75 Å². The molecule has 0 bridgehead atoms. The van der Waals surface area contributed by atoms with Crippen LogP contribution in [0.2, 0.25) is 0 Å². The second-order valence-electron chi connectivity index (χ2n) is 3.68. The van der Waals surface area contributed by atoms with Crippen molar-refractivity contribution >= 4 is 5.91 Å². The normalized spacial score (nSPS) is 10.1. The minimum Gasteiger partial charge on any atom is -0.493 e. The van der Waals surface area contributed by atoms with Gasteiger partial charge in [0.25, 0.3) is 5.91 Å². The maximum atomic E-state index is 11.9. The molecule has 0 aliphatic carbocycles. The van der Waals surface area contributed by atoms with Crippen LogP contribution in [0.4, 0.5) is 0 Å². The highest BCUT2D eigenvalue weighted by atomic mass is 16.5. The summed E-state index contributed by atoms with van der Waals surface area (Å²) in [5.74, 6) is 0.493.